The molecule has 0 aliphatic rings. The van der Waals surface area contributed by atoms with Crippen molar-refractivity contribution in [2.24, 2.45) is 0 Å². The largest absolute Gasteiger partial charge is 0.460 e. The summed E-state index contributed by atoms with van der Waals surface area (Å²) in [6.07, 6.45) is 0.976. The molecule has 128 valence electrons. The number of carbonyl (C=O) groups is 1. The molecule has 3 rings (SSSR count). The minimum absolute atomic E-state index is 0.0933. The average Bonchev–Trinajstić information content (AvgIpc) is 3.02. The third-order valence-electron chi connectivity index (χ3n) is 3.86. The number of fused-ring (bicyclic) bond motifs is 1. The number of ether oxygens (including phenoxy) is 1. The van der Waals surface area contributed by atoms with Gasteiger partial charge in [-0.25, -0.2) is 4.39 Å². The van der Waals surface area contributed by atoms with Crippen molar-refractivity contribution in [3.63, 3.8) is 0 Å². The van der Waals surface area contributed by atoms with E-state index >= 15 is 0 Å². The second kappa shape index (κ2) is 6.60. The topological polar surface area (TPSA) is 97.3 Å². The van der Waals surface area contributed by atoms with Crippen LogP contribution in [0, 0.1) is 15.9 Å². The lowest BCUT2D eigenvalue weighted by Crippen LogP contribution is -2.00. The summed E-state index contributed by atoms with van der Waals surface area (Å²) in [5.41, 5.74) is 2.01. The fraction of sp³-hybridized carbons (Fsp3) is 0.118. The number of halogens is 1. The predicted molar refractivity (Wildman–Crippen MR) is 90.2 cm³/mol. The van der Waals surface area contributed by atoms with Crippen LogP contribution in [0.2, 0.25) is 0 Å². The Morgan fingerprint density at radius 1 is 1.28 bits per heavy atom. The third-order valence-corrected chi connectivity index (χ3v) is 3.86. The van der Waals surface area contributed by atoms with Gasteiger partial charge in [-0.2, -0.15) is 0 Å². The van der Waals surface area contributed by atoms with Crippen LogP contribution in [0.25, 0.3) is 10.9 Å². The maximum atomic E-state index is 13.1. The molecule has 1 unspecified atom stereocenters. The number of rotatable bonds is 6. The molecule has 0 aliphatic heterocycles. The first-order chi connectivity index (χ1) is 12.0. The first kappa shape index (κ1) is 16.4. The van der Waals surface area contributed by atoms with E-state index in [1.807, 2.05) is 0 Å². The number of nitrogens with one attached hydrogen (secondary N) is 2. The molecule has 0 amide bonds. The molecule has 25 heavy (non-hydrogen) atoms. The van der Waals surface area contributed by atoms with Crippen molar-refractivity contribution in [3.8, 4) is 0 Å². The molecule has 8 heteroatoms. The zero-order valence-corrected chi connectivity index (χ0v) is 13.2. The Kier molecular flexibility index (Phi) is 4.34. The van der Waals surface area contributed by atoms with E-state index in [1.54, 1.807) is 31.3 Å². The van der Waals surface area contributed by atoms with E-state index in [1.165, 1.54) is 18.2 Å². The highest BCUT2D eigenvalue weighted by Crippen LogP contribution is 2.38. The Hall–Kier alpha value is -3.42. The number of hydrogen-bond acceptors (Lipinski definition) is 5. The second-order valence-electron chi connectivity index (χ2n) is 5.39. The number of nitro benzene ring substituents is 1. The minimum atomic E-state index is -0.595. The molecule has 2 aromatic carbocycles. The fourth-order valence-electron chi connectivity index (χ4n) is 2.68. The highest BCUT2D eigenvalue weighted by molar-refractivity contribution is 6.01. The van der Waals surface area contributed by atoms with Gasteiger partial charge >= 0.3 is 0 Å². The summed E-state index contributed by atoms with van der Waals surface area (Å²) in [4.78, 5) is 24.3. The zero-order chi connectivity index (χ0) is 18.0. The molecule has 0 bridgehead atoms. The van der Waals surface area contributed by atoms with Crippen molar-refractivity contribution < 1.29 is 18.8 Å². The van der Waals surface area contributed by atoms with Gasteiger partial charge in [-0.15, -0.1) is 0 Å². The Bertz CT molecular complexity index is 937. The van der Waals surface area contributed by atoms with Crippen molar-refractivity contribution in [1.29, 1.82) is 0 Å². The number of H-pyrrole nitrogens is 1. The highest BCUT2D eigenvalue weighted by atomic mass is 19.1. The number of aromatic amines is 1. The van der Waals surface area contributed by atoms with Gasteiger partial charge in [0, 0.05) is 34.6 Å². The second-order valence-corrected chi connectivity index (χ2v) is 5.39. The summed E-state index contributed by atoms with van der Waals surface area (Å²) in [5.74, 6) is -0.366. The number of aromatic nitrogens is 1. The summed E-state index contributed by atoms with van der Waals surface area (Å²) in [6.45, 7) is 1.99. The highest BCUT2D eigenvalue weighted by Gasteiger charge is 2.22. The van der Waals surface area contributed by atoms with E-state index in [2.05, 4.69) is 10.3 Å². The van der Waals surface area contributed by atoms with Crippen molar-refractivity contribution in [1.82, 2.24) is 4.98 Å². The van der Waals surface area contributed by atoms with Crippen LogP contribution in [0.3, 0.4) is 0 Å². The van der Waals surface area contributed by atoms with Gasteiger partial charge < -0.3 is 15.0 Å². The monoisotopic (exact) mass is 343 g/mol. The molecule has 0 spiro atoms. The summed E-state index contributed by atoms with van der Waals surface area (Å²) >= 11 is 0. The maximum Gasteiger partial charge on any atom is 0.293 e. The first-order valence-corrected chi connectivity index (χ1v) is 7.41. The molecule has 1 heterocycles. The SMILES string of the molecule is CC(OC=O)c1c[nH]c2c([N+](=O)[O-])ccc(Nc3ccc(F)cc3)c12. The number of nitro groups is 1. The normalized spacial score (nSPS) is 11.9. The summed E-state index contributed by atoms with van der Waals surface area (Å²) < 4.78 is 18.0. The van der Waals surface area contributed by atoms with Crippen molar-refractivity contribution in [2.75, 3.05) is 5.32 Å². The summed E-state index contributed by atoms with van der Waals surface area (Å²) in [7, 11) is 0. The van der Waals surface area contributed by atoms with E-state index in [0.29, 0.717) is 34.3 Å². The average molecular weight is 343 g/mol. The van der Waals surface area contributed by atoms with Crippen LogP contribution in [-0.2, 0) is 9.53 Å². The van der Waals surface area contributed by atoms with Gasteiger partial charge in [0.2, 0.25) is 0 Å². The van der Waals surface area contributed by atoms with Gasteiger partial charge in [0.05, 0.1) is 4.92 Å². The maximum absolute atomic E-state index is 13.1. The molecular weight excluding hydrogens is 329 g/mol. The lowest BCUT2D eigenvalue weighted by Gasteiger charge is -2.13. The van der Waals surface area contributed by atoms with Crippen LogP contribution < -0.4 is 5.32 Å². The molecule has 0 saturated carbocycles. The number of carbonyl (C=O) groups excluding carboxylic acids is 1. The Morgan fingerprint density at radius 2 is 2.00 bits per heavy atom. The molecule has 1 atom stereocenters. The number of nitrogens with zero attached hydrogens (tertiary/aromatic N) is 1. The van der Waals surface area contributed by atoms with Crippen LogP contribution in [0.1, 0.15) is 18.6 Å². The number of non-ortho nitro benzene ring substituents is 1. The van der Waals surface area contributed by atoms with E-state index in [0.717, 1.165) is 0 Å². The molecule has 7 nitrogen and oxygen atoms in total. The lowest BCUT2D eigenvalue weighted by atomic mass is 10.1. The summed E-state index contributed by atoms with van der Waals surface area (Å²) in [6, 6.07) is 8.66. The van der Waals surface area contributed by atoms with Gasteiger partial charge in [-0.3, -0.25) is 14.9 Å². The molecule has 0 saturated heterocycles. The number of anilines is 2. The Balaban J connectivity index is 2.15. The molecule has 1 aromatic heterocycles. The van der Waals surface area contributed by atoms with Crippen molar-refractivity contribution in [3.05, 3.63) is 64.1 Å². The molecule has 2 N–H and O–H groups in total. The predicted octanol–water partition coefficient (Wildman–Crippen LogP) is 4.19. The minimum Gasteiger partial charge on any atom is -0.460 e. The van der Waals surface area contributed by atoms with E-state index in [-0.39, 0.29) is 11.5 Å². The fourth-order valence-corrected chi connectivity index (χ4v) is 2.68. The number of benzene rings is 2. The van der Waals surface area contributed by atoms with Crippen LogP contribution in [-0.4, -0.2) is 16.4 Å². The molecule has 0 aliphatic carbocycles. The van der Waals surface area contributed by atoms with Gasteiger partial charge in [-0.1, -0.05) is 0 Å². The van der Waals surface area contributed by atoms with Crippen molar-refractivity contribution >= 4 is 34.4 Å². The number of hydrogen-bond donors (Lipinski definition) is 2. The first-order valence-electron chi connectivity index (χ1n) is 7.41. The zero-order valence-electron chi connectivity index (χ0n) is 13.2. The van der Waals surface area contributed by atoms with Gasteiger partial charge in [-0.05, 0) is 37.3 Å². The summed E-state index contributed by atoms with van der Waals surface area (Å²) in [5, 5.41) is 14.9. The Labute approximate surface area is 141 Å². The molecule has 0 fully saturated rings. The van der Waals surface area contributed by atoms with E-state index in [4.69, 9.17) is 4.74 Å². The van der Waals surface area contributed by atoms with E-state index < -0.39 is 11.0 Å². The smallest absolute Gasteiger partial charge is 0.293 e. The van der Waals surface area contributed by atoms with Crippen molar-refractivity contribution in [2.45, 2.75) is 13.0 Å². The molecular formula is C17H14FN3O4. The van der Waals surface area contributed by atoms with Gasteiger partial charge in [0.1, 0.15) is 17.4 Å². The van der Waals surface area contributed by atoms with Gasteiger partial charge in [0.25, 0.3) is 12.2 Å². The quantitative estimate of drug-likeness (QED) is 0.397. The van der Waals surface area contributed by atoms with Crippen LogP contribution in [0.5, 0.6) is 0 Å². The van der Waals surface area contributed by atoms with Crippen LogP contribution in [0.15, 0.2) is 42.6 Å². The lowest BCUT2D eigenvalue weighted by molar-refractivity contribution is -0.383. The van der Waals surface area contributed by atoms with Crippen LogP contribution in [0.4, 0.5) is 21.5 Å². The molecule has 0 radical (unpaired) electrons. The Morgan fingerprint density at radius 3 is 2.64 bits per heavy atom. The van der Waals surface area contributed by atoms with Gasteiger partial charge in [0.15, 0.2) is 0 Å². The standard InChI is InChI=1S/C17H14FN3O4/c1-10(25-9-22)13-8-19-17-15(21(23)24)7-6-14(16(13)17)20-12-4-2-11(18)3-5-12/h2-10,19-20H,1H3. The van der Waals surface area contributed by atoms with E-state index in [9.17, 15) is 19.3 Å². The molecule has 3 aromatic rings. The van der Waals surface area contributed by atoms with Crippen LogP contribution >= 0.6 is 0 Å². The third kappa shape index (κ3) is 3.14.